The molecule has 0 saturated carbocycles. The van der Waals surface area contributed by atoms with Crippen molar-refractivity contribution in [3.05, 3.63) is 88.5 Å². The predicted molar refractivity (Wildman–Crippen MR) is 101 cm³/mol. The van der Waals surface area contributed by atoms with Crippen LogP contribution in [0.2, 0.25) is 5.02 Å². The Bertz CT molecular complexity index is 1090. The standard InChI is InChI=1S/C20H11ClFN3O3/c21-14-7-2-8-15(22)16(14)18(26)24-11-4-1-5-12(10-11)25-19(27)13-6-3-9-23-17(13)20(25)28/h1-10H,(H,24,26). The molecule has 2 aromatic carbocycles. The van der Waals surface area contributed by atoms with Gasteiger partial charge in [0.15, 0.2) is 0 Å². The van der Waals surface area contributed by atoms with Crippen molar-refractivity contribution in [3.8, 4) is 0 Å². The molecule has 1 N–H and O–H groups in total. The Balaban J connectivity index is 1.64. The minimum atomic E-state index is -0.757. The first-order valence-corrected chi connectivity index (χ1v) is 8.54. The molecule has 1 aliphatic rings. The highest BCUT2D eigenvalue weighted by atomic mass is 35.5. The molecule has 0 saturated heterocycles. The van der Waals surface area contributed by atoms with Crippen molar-refractivity contribution in [2.45, 2.75) is 0 Å². The summed E-state index contributed by atoms with van der Waals surface area (Å²) in [5, 5.41) is 2.50. The van der Waals surface area contributed by atoms with E-state index in [4.69, 9.17) is 11.6 Å². The first kappa shape index (κ1) is 17.8. The zero-order chi connectivity index (χ0) is 19.8. The van der Waals surface area contributed by atoms with Crippen LogP contribution in [-0.2, 0) is 0 Å². The highest BCUT2D eigenvalue weighted by molar-refractivity contribution is 6.35. The molecule has 0 bridgehead atoms. The molecule has 3 aromatic rings. The second-order valence-electron chi connectivity index (χ2n) is 5.95. The maximum Gasteiger partial charge on any atom is 0.284 e. The lowest BCUT2D eigenvalue weighted by Crippen LogP contribution is -2.29. The molecule has 0 spiro atoms. The Morgan fingerprint density at radius 3 is 2.57 bits per heavy atom. The number of halogens is 2. The van der Waals surface area contributed by atoms with Gasteiger partial charge in [0, 0.05) is 11.9 Å². The Morgan fingerprint density at radius 2 is 1.82 bits per heavy atom. The van der Waals surface area contributed by atoms with Gasteiger partial charge >= 0.3 is 0 Å². The van der Waals surface area contributed by atoms with E-state index in [9.17, 15) is 18.8 Å². The summed E-state index contributed by atoms with van der Waals surface area (Å²) in [6, 6.07) is 13.1. The molecule has 0 atom stereocenters. The van der Waals surface area contributed by atoms with E-state index in [2.05, 4.69) is 10.3 Å². The van der Waals surface area contributed by atoms with Crippen LogP contribution in [0.3, 0.4) is 0 Å². The highest BCUT2D eigenvalue weighted by Crippen LogP contribution is 2.29. The fourth-order valence-corrected chi connectivity index (χ4v) is 3.18. The van der Waals surface area contributed by atoms with E-state index in [1.54, 1.807) is 24.3 Å². The second kappa shape index (κ2) is 6.86. The number of carbonyl (C=O) groups is 3. The minimum Gasteiger partial charge on any atom is -0.322 e. The summed E-state index contributed by atoms with van der Waals surface area (Å²) in [5.74, 6) is -2.56. The summed E-state index contributed by atoms with van der Waals surface area (Å²) in [4.78, 5) is 42.4. The number of fused-ring (bicyclic) bond motifs is 1. The average molecular weight is 396 g/mol. The summed E-state index contributed by atoms with van der Waals surface area (Å²) in [7, 11) is 0. The Morgan fingerprint density at radius 1 is 1.04 bits per heavy atom. The first-order chi connectivity index (χ1) is 13.5. The summed E-state index contributed by atoms with van der Waals surface area (Å²) in [5.41, 5.74) is 0.511. The van der Waals surface area contributed by atoms with Crippen molar-refractivity contribution in [1.82, 2.24) is 4.98 Å². The number of nitrogens with zero attached hydrogens (tertiary/aromatic N) is 2. The van der Waals surface area contributed by atoms with Gasteiger partial charge in [-0.3, -0.25) is 19.4 Å². The molecule has 0 aliphatic carbocycles. The smallest absolute Gasteiger partial charge is 0.284 e. The topological polar surface area (TPSA) is 79.4 Å². The number of carbonyl (C=O) groups excluding carboxylic acids is 3. The molecule has 1 aromatic heterocycles. The quantitative estimate of drug-likeness (QED) is 0.681. The van der Waals surface area contributed by atoms with Crippen molar-refractivity contribution in [3.63, 3.8) is 0 Å². The molecule has 0 fully saturated rings. The molecule has 0 unspecified atom stereocenters. The number of anilines is 2. The molecule has 8 heteroatoms. The predicted octanol–water partition coefficient (Wildman–Crippen LogP) is 3.93. The molecular formula is C20H11ClFN3O3. The molecule has 0 radical (unpaired) electrons. The van der Waals surface area contributed by atoms with E-state index >= 15 is 0 Å². The Hall–Kier alpha value is -3.58. The van der Waals surface area contributed by atoms with Crippen LogP contribution in [0.4, 0.5) is 15.8 Å². The maximum atomic E-state index is 13.9. The van der Waals surface area contributed by atoms with Gasteiger partial charge in [0.25, 0.3) is 17.7 Å². The number of hydrogen-bond acceptors (Lipinski definition) is 4. The monoisotopic (exact) mass is 395 g/mol. The van der Waals surface area contributed by atoms with Crippen LogP contribution in [0.1, 0.15) is 31.2 Å². The molecule has 4 rings (SSSR count). The number of hydrogen-bond donors (Lipinski definition) is 1. The van der Waals surface area contributed by atoms with Crippen LogP contribution in [-0.4, -0.2) is 22.7 Å². The fraction of sp³-hybridized carbons (Fsp3) is 0. The van der Waals surface area contributed by atoms with Crippen LogP contribution in [0.5, 0.6) is 0 Å². The normalized spacial score (nSPS) is 12.9. The number of rotatable bonds is 3. The summed E-state index contributed by atoms with van der Waals surface area (Å²) >= 11 is 5.91. The lowest BCUT2D eigenvalue weighted by molar-refractivity contribution is 0.0923. The lowest BCUT2D eigenvalue weighted by atomic mass is 10.2. The number of amides is 3. The first-order valence-electron chi connectivity index (χ1n) is 8.16. The molecule has 1 aliphatic heterocycles. The van der Waals surface area contributed by atoms with Crippen molar-refractivity contribution in [2.75, 3.05) is 10.2 Å². The van der Waals surface area contributed by atoms with E-state index in [-0.39, 0.29) is 33.2 Å². The zero-order valence-electron chi connectivity index (χ0n) is 14.1. The third-order valence-electron chi connectivity index (χ3n) is 4.20. The van der Waals surface area contributed by atoms with Crippen molar-refractivity contribution in [2.24, 2.45) is 0 Å². The van der Waals surface area contributed by atoms with Crippen molar-refractivity contribution in [1.29, 1.82) is 0 Å². The van der Waals surface area contributed by atoms with Crippen LogP contribution < -0.4 is 10.2 Å². The number of nitrogens with one attached hydrogen (secondary N) is 1. The average Bonchev–Trinajstić information content (AvgIpc) is 2.93. The summed E-state index contributed by atoms with van der Waals surface area (Å²) in [6.45, 7) is 0. The van der Waals surface area contributed by atoms with Gasteiger partial charge in [-0.25, -0.2) is 9.29 Å². The molecule has 3 amide bonds. The molecule has 6 nitrogen and oxygen atoms in total. The largest absolute Gasteiger partial charge is 0.322 e. The maximum absolute atomic E-state index is 13.9. The Kier molecular flexibility index (Phi) is 4.37. The van der Waals surface area contributed by atoms with Gasteiger partial charge in [-0.1, -0.05) is 23.7 Å². The third kappa shape index (κ3) is 2.91. The summed E-state index contributed by atoms with van der Waals surface area (Å²) in [6.07, 6.45) is 1.43. The van der Waals surface area contributed by atoms with Crippen LogP contribution in [0.15, 0.2) is 60.8 Å². The van der Waals surface area contributed by atoms with Crippen LogP contribution >= 0.6 is 11.6 Å². The van der Waals surface area contributed by atoms with Gasteiger partial charge in [-0.05, 0) is 42.5 Å². The van der Waals surface area contributed by atoms with Gasteiger partial charge in [0.1, 0.15) is 11.5 Å². The molecule has 2 heterocycles. The molecular weight excluding hydrogens is 385 g/mol. The second-order valence-corrected chi connectivity index (χ2v) is 6.35. The van der Waals surface area contributed by atoms with Crippen LogP contribution in [0, 0.1) is 5.82 Å². The third-order valence-corrected chi connectivity index (χ3v) is 4.51. The van der Waals surface area contributed by atoms with Gasteiger partial charge in [-0.15, -0.1) is 0 Å². The van der Waals surface area contributed by atoms with E-state index in [1.165, 1.54) is 30.5 Å². The van der Waals surface area contributed by atoms with Gasteiger partial charge in [-0.2, -0.15) is 0 Å². The van der Waals surface area contributed by atoms with E-state index in [1.807, 2.05) is 0 Å². The van der Waals surface area contributed by atoms with Gasteiger partial charge in [0.2, 0.25) is 0 Å². The van der Waals surface area contributed by atoms with Gasteiger partial charge in [0.05, 0.1) is 21.8 Å². The van der Waals surface area contributed by atoms with Crippen LogP contribution in [0.25, 0.3) is 0 Å². The lowest BCUT2D eigenvalue weighted by Gasteiger charge is -2.15. The number of aromatic nitrogens is 1. The van der Waals surface area contributed by atoms with Crippen molar-refractivity contribution >= 4 is 40.7 Å². The van der Waals surface area contributed by atoms with Gasteiger partial charge < -0.3 is 5.32 Å². The number of pyridine rings is 1. The SMILES string of the molecule is O=C(Nc1cccc(N2C(=O)c3cccnc3C2=O)c1)c1c(F)cccc1Cl. The summed E-state index contributed by atoms with van der Waals surface area (Å²) < 4.78 is 13.9. The van der Waals surface area contributed by atoms with E-state index in [0.717, 1.165) is 11.0 Å². The molecule has 138 valence electrons. The fourth-order valence-electron chi connectivity index (χ4n) is 2.93. The molecule has 28 heavy (non-hydrogen) atoms. The number of benzene rings is 2. The highest BCUT2D eigenvalue weighted by Gasteiger charge is 2.37. The Labute approximate surface area is 163 Å². The van der Waals surface area contributed by atoms with E-state index < -0.39 is 23.5 Å². The van der Waals surface area contributed by atoms with E-state index in [0.29, 0.717) is 0 Å². The number of imide groups is 1. The minimum absolute atomic E-state index is 0.0277. The van der Waals surface area contributed by atoms with Crippen molar-refractivity contribution < 1.29 is 18.8 Å². The zero-order valence-corrected chi connectivity index (χ0v) is 14.9.